The van der Waals surface area contributed by atoms with Crippen molar-refractivity contribution in [3.8, 4) is 0 Å². The summed E-state index contributed by atoms with van der Waals surface area (Å²) in [6.07, 6.45) is 0.785. The van der Waals surface area contributed by atoms with Crippen LogP contribution in [-0.2, 0) is 10.1 Å². The van der Waals surface area contributed by atoms with Gasteiger partial charge < -0.3 is 30.6 Å². The first-order chi connectivity index (χ1) is 23.8. The molecule has 0 atom stereocenters. The molecule has 3 aromatic carbocycles. The predicted octanol–water partition coefficient (Wildman–Crippen LogP) is 2.66. The molecule has 1 saturated heterocycles. The van der Waals surface area contributed by atoms with E-state index in [1.165, 1.54) is 0 Å². The molecule has 12 heteroatoms. The number of aliphatic hydroxyl groups excluding tert-OH is 6. The number of nitrogens with one attached hydrogen (secondary N) is 2. The Hall–Kier alpha value is -2.51. The second-order valence-electron chi connectivity index (χ2n) is 13.0. The Morgan fingerprint density at radius 3 is 1.04 bits per heavy atom. The molecule has 8 N–H and O–H groups in total. The highest BCUT2D eigenvalue weighted by Gasteiger charge is 2.49. The Labute approximate surface area is 290 Å². The molecule has 1 heterocycles. The van der Waals surface area contributed by atoms with Crippen LogP contribution in [0.4, 0.5) is 0 Å². The summed E-state index contributed by atoms with van der Waals surface area (Å²) in [7, 11) is -3.87. The monoisotopic (exact) mass is 698 g/mol. The summed E-state index contributed by atoms with van der Waals surface area (Å²) in [6, 6.07) is 31.1. The molecular formula is C37H55N4O7P. The van der Waals surface area contributed by atoms with Crippen molar-refractivity contribution in [2.24, 2.45) is 0 Å². The number of piperazine rings is 1. The highest BCUT2D eigenvalue weighted by molar-refractivity contribution is 7.57. The van der Waals surface area contributed by atoms with Crippen LogP contribution in [0.1, 0.15) is 55.2 Å². The van der Waals surface area contributed by atoms with Crippen LogP contribution in [0, 0.1) is 0 Å². The third-order valence-electron chi connectivity index (χ3n) is 10.0. The maximum atomic E-state index is 15.6. The van der Waals surface area contributed by atoms with Gasteiger partial charge in [-0.3, -0.25) is 9.46 Å². The minimum absolute atomic E-state index is 0.131. The van der Waals surface area contributed by atoms with E-state index in [0.717, 1.165) is 16.7 Å². The zero-order chi connectivity index (χ0) is 35.2. The van der Waals surface area contributed by atoms with Gasteiger partial charge in [0.05, 0.1) is 5.54 Å². The first-order valence-electron chi connectivity index (χ1n) is 17.3. The van der Waals surface area contributed by atoms with Gasteiger partial charge in [-0.05, 0) is 55.2 Å². The minimum atomic E-state index is -3.87. The molecule has 270 valence electrons. The number of rotatable bonds is 21. The molecule has 0 amide bonds. The normalized spacial score (nSPS) is 15.5. The Morgan fingerprint density at radius 2 is 0.776 bits per heavy atom. The first kappa shape index (κ1) is 39.3. The molecule has 0 spiro atoms. The molecule has 1 aliphatic rings. The maximum Gasteiger partial charge on any atom is 0.282 e. The highest BCUT2D eigenvalue weighted by Crippen LogP contribution is 2.51. The topological polar surface area (TPSA) is 169 Å². The summed E-state index contributed by atoms with van der Waals surface area (Å²) in [5.74, 6) is 0. The molecule has 1 aliphatic heterocycles. The third kappa shape index (κ3) is 9.05. The number of hydrogen-bond donors (Lipinski definition) is 8. The summed E-state index contributed by atoms with van der Waals surface area (Å²) in [4.78, 5) is 2.42. The molecule has 0 bridgehead atoms. The average Bonchev–Trinajstić information content (AvgIpc) is 3.11. The van der Waals surface area contributed by atoms with Gasteiger partial charge in [0.15, 0.2) is 0 Å². The van der Waals surface area contributed by atoms with Crippen LogP contribution < -0.4 is 10.2 Å². The summed E-state index contributed by atoms with van der Waals surface area (Å²) in [5, 5.41) is 67.0. The van der Waals surface area contributed by atoms with Crippen LogP contribution in [0.2, 0.25) is 0 Å². The quantitative estimate of drug-likeness (QED) is 0.0609. The van der Waals surface area contributed by atoms with E-state index >= 15 is 4.57 Å². The van der Waals surface area contributed by atoms with Crippen molar-refractivity contribution < 1.29 is 35.2 Å². The number of nitrogens with zero attached hydrogens (tertiary/aromatic N) is 2. The average molecular weight is 699 g/mol. The summed E-state index contributed by atoms with van der Waals surface area (Å²) in [6.45, 7) is 0.157. The van der Waals surface area contributed by atoms with E-state index in [9.17, 15) is 30.6 Å². The number of aliphatic hydroxyl groups is 6. The van der Waals surface area contributed by atoms with Crippen LogP contribution in [0.5, 0.6) is 0 Å². The predicted molar refractivity (Wildman–Crippen MR) is 192 cm³/mol. The lowest BCUT2D eigenvalue weighted by Gasteiger charge is -2.52. The molecule has 0 unspecified atom stereocenters. The summed E-state index contributed by atoms with van der Waals surface area (Å²) in [5.41, 5.74) is 0.471. The highest BCUT2D eigenvalue weighted by atomic mass is 31.2. The van der Waals surface area contributed by atoms with Gasteiger partial charge in [0.1, 0.15) is 0 Å². The van der Waals surface area contributed by atoms with Gasteiger partial charge in [0.2, 0.25) is 0 Å². The van der Waals surface area contributed by atoms with Gasteiger partial charge in [-0.2, -0.15) is 0 Å². The fraction of sp³-hybridized carbons (Fsp3) is 0.514. The largest absolute Gasteiger partial charge is 0.396 e. The van der Waals surface area contributed by atoms with Crippen LogP contribution in [0.15, 0.2) is 91.0 Å². The lowest BCUT2D eigenvalue weighted by Crippen LogP contribution is -2.60. The number of benzene rings is 3. The molecule has 4 rings (SSSR count). The van der Waals surface area contributed by atoms with Crippen LogP contribution in [0.25, 0.3) is 0 Å². The van der Waals surface area contributed by atoms with E-state index in [1.54, 1.807) is 0 Å². The molecule has 0 radical (unpaired) electrons. The molecule has 49 heavy (non-hydrogen) atoms. The second-order valence-corrected chi connectivity index (χ2v) is 15.1. The van der Waals surface area contributed by atoms with Crippen molar-refractivity contribution in [1.29, 1.82) is 0 Å². The molecule has 0 saturated carbocycles. The summed E-state index contributed by atoms with van der Waals surface area (Å²) < 4.78 is 17.5. The zero-order valence-corrected chi connectivity index (χ0v) is 29.3. The Balaban J connectivity index is 1.80. The lowest BCUT2D eigenvalue weighted by atomic mass is 9.75. The zero-order valence-electron chi connectivity index (χ0n) is 28.4. The molecule has 0 aromatic heterocycles. The Kier molecular flexibility index (Phi) is 14.9. The van der Waals surface area contributed by atoms with Crippen molar-refractivity contribution >= 4 is 7.59 Å². The van der Waals surface area contributed by atoms with Crippen molar-refractivity contribution in [1.82, 2.24) is 19.7 Å². The second kappa shape index (κ2) is 18.6. The van der Waals surface area contributed by atoms with E-state index in [4.69, 9.17) is 0 Å². The summed E-state index contributed by atoms with van der Waals surface area (Å²) >= 11 is 0. The maximum absolute atomic E-state index is 15.6. The molecule has 3 aromatic rings. The minimum Gasteiger partial charge on any atom is -0.396 e. The molecule has 11 nitrogen and oxygen atoms in total. The fourth-order valence-electron chi connectivity index (χ4n) is 7.58. The Morgan fingerprint density at radius 1 is 0.490 bits per heavy atom. The van der Waals surface area contributed by atoms with Gasteiger partial charge in [-0.15, -0.1) is 0 Å². The van der Waals surface area contributed by atoms with Crippen molar-refractivity contribution in [3.05, 3.63) is 108 Å². The van der Waals surface area contributed by atoms with Crippen LogP contribution in [0.3, 0.4) is 0 Å². The Bertz CT molecular complexity index is 1250. The molecule has 0 aliphatic carbocycles. The fourth-order valence-corrected chi connectivity index (χ4v) is 10.6. The van der Waals surface area contributed by atoms with Gasteiger partial charge >= 0.3 is 0 Å². The first-order valence-corrected chi connectivity index (χ1v) is 19.0. The van der Waals surface area contributed by atoms with Gasteiger partial charge in [-0.25, -0.2) is 14.8 Å². The number of hydrogen-bond acceptors (Lipinski definition) is 8. The van der Waals surface area contributed by atoms with Crippen molar-refractivity contribution in [2.45, 2.75) is 55.1 Å². The standard InChI is InChI=1S/C37H55N4O7P/c42-26-16-35(17-27-43,18-28-44)38-49(48,39-36(19-29-45,20-30-46)21-31-47)41-24-22-40(23-25-41)37(32-10-4-1-5-11-32,33-12-6-2-7-13-33)34-14-8-3-9-15-34/h1-15,42-47H,16-31H2,(H2,38,39,48). The lowest BCUT2D eigenvalue weighted by molar-refractivity contribution is 0.0973. The SMILES string of the molecule is O=P(NC(CCO)(CCO)CCO)(NC(CCO)(CCO)CCO)N1CCN(C(c2ccccc2)(c2ccccc2)c2ccccc2)CC1. The van der Waals surface area contributed by atoms with E-state index in [1.807, 2.05) is 59.3 Å². The van der Waals surface area contributed by atoms with E-state index in [2.05, 4.69) is 51.5 Å². The van der Waals surface area contributed by atoms with E-state index < -0.39 is 24.2 Å². The van der Waals surface area contributed by atoms with Gasteiger partial charge in [0, 0.05) is 76.9 Å². The van der Waals surface area contributed by atoms with Crippen molar-refractivity contribution in [2.75, 3.05) is 65.8 Å². The smallest absolute Gasteiger partial charge is 0.282 e. The van der Waals surface area contributed by atoms with Gasteiger partial charge in [0.25, 0.3) is 7.59 Å². The third-order valence-corrected chi connectivity index (χ3v) is 12.8. The van der Waals surface area contributed by atoms with Crippen molar-refractivity contribution in [3.63, 3.8) is 0 Å². The van der Waals surface area contributed by atoms with Crippen LogP contribution >= 0.6 is 7.59 Å². The molecular weight excluding hydrogens is 643 g/mol. The van der Waals surface area contributed by atoms with E-state index in [0.29, 0.717) is 26.2 Å². The van der Waals surface area contributed by atoms with E-state index in [-0.39, 0.29) is 78.2 Å². The van der Waals surface area contributed by atoms with Crippen LogP contribution in [-0.4, -0.2) is 117 Å². The van der Waals surface area contributed by atoms with Gasteiger partial charge in [-0.1, -0.05) is 91.0 Å². The molecule has 1 fully saturated rings.